The molecule has 1 aliphatic rings. The number of rotatable bonds is 1. The first-order valence-electron chi connectivity index (χ1n) is 7.82. The van der Waals surface area contributed by atoms with Gasteiger partial charge in [0.15, 0.2) is 0 Å². The quantitative estimate of drug-likeness (QED) is 0.621. The number of benzene rings is 2. The van der Waals surface area contributed by atoms with Gasteiger partial charge in [0.25, 0.3) is 0 Å². The van der Waals surface area contributed by atoms with E-state index in [1.54, 1.807) is 11.1 Å². The molecule has 21 heavy (non-hydrogen) atoms. The van der Waals surface area contributed by atoms with E-state index in [-0.39, 0.29) is 0 Å². The lowest BCUT2D eigenvalue weighted by Crippen LogP contribution is -2.14. The number of hydrogen-bond donors (Lipinski definition) is 0. The maximum atomic E-state index is 2.36. The summed E-state index contributed by atoms with van der Waals surface area (Å²) in [5.41, 5.74) is 9.01. The van der Waals surface area contributed by atoms with Crippen LogP contribution in [0.15, 0.2) is 35.2 Å². The molecule has 0 radical (unpaired) electrons. The standard InChI is InChI=1S/C20H24S/c1-12(2)18-19-14(4)7-6-8-16(19)11-21-17-10-9-13(3)15(5)20(17)18/h6-10,12,18H,11H2,1-5H3. The summed E-state index contributed by atoms with van der Waals surface area (Å²) in [6, 6.07) is 11.4. The SMILES string of the molecule is Cc1ccc2c(c1C)C(C(C)C)c1c(C)cccc1CS2. The van der Waals surface area contributed by atoms with E-state index < -0.39 is 0 Å². The van der Waals surface area contributed by atoms with Crippen LogP contribution in [0.4, 0.5) is 0 Å². The summed E-state index contributed by atoms with van der Waals surface area (Å²) in [6.07, 6.45) is 0. The van der Waals surface area contributed by atoms with Crippen LogP contribution in [0.1, 0.15) is 53.1 Å². The van der Waals surface area contributed by atoms with Crippen molar-refractivity contribution in [2.45, 2.75) is 51.2 Å². The molecule has 2 aromatic rings. The molecular formula is C20H24S. The molecule has 0 saturated carbocycles. The average Bonchev–Trinajstić information content (AvgIpc) is 2.61. The summed E-state index contributed by atoms with van der Waals surface area (Å²) in [4.78, 5) is 1.48. The Kier molecular flexibility index (Phi) is 3.88. The second kappa shape index (κ2) is 5.53. The zero-order valence-corrected chi connectivity index (χ0v) is 14.5. The minimum atomic E-state index is 0.520. The van der Waals surface area contributed by atoms with Crippen molar-refractivity contribution in [1.82, 2.24) is 0 Å². The van der Waals surface area contributed by atoms with E-state index in [1.807, 2.05) is 11.8 Å². The highest BCUT2D eigenvalue weighted by atomic mass is 32.2. The van der Waals surface area contributed by atoms with Crippen molar-refractivity contribution in [3.63, 3.8) is 0 Å². The topological polar surface area (TPSA) is 0 Å². The van der Waals surface area contributed by atoms with Gasteiger partial charge in [-0.25, -0.2) is 0 Å². The molecule has 0 fully saturated rings. The van der Waals surface area contributed by atoms with Gasteiger partial charge in [-0.2, -0.15) is 0 Å². The lowest BCUT2D eigenvalue weighted by Gasteiger charge is -2.27. The Balaban J connectivity index is 2.33. The molecule has 0 aromatic heterocycles. The Morgan fingerprint density at radius 3 is 2.43 bits per heavy atom. The first-order valence-corrected chi connectivity index (χ1v) is 8.80. The van der Waals surface area contributed by atoms with E-state index in [1.165, 1.54) is 27.1 Å². The summed E-state index contributed by atoms with van der Waals surface area (Å²) in [7, 11) is 0. The molecule has 1 heterocycles. The van der Waals surface area contributed by atoms with Gasteiger partial charge in [-0.3, -0.25) is 0 Å². The van der Waals surface area contributed by atoms with Gasteiger partial charge in [-0.1, -0.05) is 38.1 Å². The van der Waals surface area contributed by atoms with Crippen molar-refractivity contribution in [2.75, 3.05) is 0 Å². The van der Waals surface area contributed by atoms with Crippen LogP contribution in [0.25, 0.3) is 0 Å². The van der Waals surface area contributed by atoms with Crippen LogP contribution in [0, 0.1) is 26.7 Å². The molecule has 1 unspecified atom stereocenters. The maximum absolute atomic E-state index is 2.36. The molecule has 0 aliphatic carbocycles. The fourth-order valence-corrected chi connectivity index (χ4v) is 4.77. The van der Waals surface area contributed by atoms with Crippen molar-refractivity contribution >= 4 is 11.8 Å². The molecular weight excluding hydrogens is 272 g/mol. The van der Waals surface area contributed by atoms with Crippen LogP contribution in [0.5, 0.6) is 0 Å². The van der Waals surface area contributed by atoms with Crippen molar-refractivity contribution in [3.05, 3.63) is 63.7 Å². The lowest BCUT2D eigenvalue weighted by molar-refractivity contribution is 0.551. The van der Waals surface area contributed by atoms with Crippen LogP contribution in [-0.2, 0) is 5.75 Å². The minimum absolute atomic E-state index is 0.520. The Hall–Kier alpha value is -1.21. The number of thioether (sulfide) groups is 1. The Morgan fingerprint density at radius 2 is 1.71 bits per heavy atom. The van der Waals surface area contributed by atoms with Gasteiger partial charge in [-0.05, 0) is 66.1 Å². The van der Waals surface area contributed by atoms with Gasteiger partial charge in [0.1, 0.15) is 0 Å². The highest BCUT2D eigenvalue weighted by molar-refractivity contribution is 7.98. The van der Waals surface area contributed by atoms with Crippen LogP contribution in [0.3, 0.4) is 0 Å². The van der Waals surface area contributed by atoms with E-state index in [2.05, 4.69) is 65.0 Å². The second-order valence-corrected chi connectivity index (χ2v) is 7.59. The van der Waals surface area contributed by atoms with E-state index in [9.17, 15) is 0 Å². The van der Waals surface area contributed by atoms with Gasteiger partial charge in [0.05, 0.1) is 0 Å². The van der Waals surface area contributed by atoms with Crippen molar-refractivity contribution in [1.29, 1.82) is 0 Å². The van der Waals surface area contributed by atoms with Gasteiger partial charge in [0.2, 0.25) is 0 Å². The molecule has 0 N–H and O–H groups in total. The highest BCUT2D eigenvalue weighted by Gasteiger charge is 2.29. The van der Waals surface area contributed by atoms with Gasteiger partial charge in [-0.15, -0.1) is 11.8 Å². The third-order valence-corrected chi connectivity index (χ3v) is 5.95. The van der Waals surface area contributed by atoms with E-state index in [0.717, 1.165) is 5.75 Å². The molecule has 0 amide bonds. The number of hydrogen-bond acceptors (Lipinski definition) is 1. The second-order valence-electron chi connectivity index (χ2n) is 6.58. The van der Waals surface area contributed by atoms with E-state index in [0.29, 0.717) is 11.8 Å². The average molecular weight is 296 g/mol. The third kappa shape index (κ3) is 2.42. The number of fused-ring (bicyclic) bond motifs is 2. The minimum Gasteiger partial charge on any atom is -0.121 e. The van der Waals surface area contributed by atoms with Crippen LogP contribution in [-0.4, -0.2) is 0 Å². The van der Waals surface area contributed by atoms with Crippen molar-refractivity contribution in [3.8, 4) is 0 Å². The van der Waals surface area contributed by atoms with Gasteiger partial charge < -0.3 is 0 Å². The monoisotopic (exact) mass is 296 g/mol. The molecule has 0 saturated heterocycles. The fraction of sp³-hybridized carbons (Fsp3) is 0.400. The smallest absolute Gasteiger partial charge is 0.0235 e. The maximum Gasteiger partial charge on any atom is 0.0235 e. The normalized spacial score (nSPS) is 17.3. The Bertz CT molecular complexity index is 682. The summed E-state index contributed by atoms with van der Waals surface area (Å²) in [5, 5.41) is 0. The van der Waals surface area contributed by atoms with Gasteiger partial charge in [0, 0.05) is 16.6 Å². The number of aryl methyl sites for hydroxylation is 2. The highest BCUT2D eigenvalue weighted by Crippen LogP contribution is 2.46. The molecule has 0 nitrogen and oxygen atoms in total. The summed E-state index contributed by atoms with van der Waals surface area (Å²) in [6.45, 7) is 11.5. The lowest BCUT2D eigenvalue weighted by atomic mass is 9.77. The molecule has 1 heteroatoms. The summed E-state index contributed by atoms with van der Waals surface area (Å²) < 4.78 is 0. The van der Waals surface area contributed by atoms with Crippen LogP contribution < -0.4 is 0 Å². The van der Waals surface area contributed by atoms with Crippen molar-refractivity contribution < 1.29 is 0 Å². The van der Waals surface area contributed by atoms with Crippen LogP contribution >= 0.6 is 11.8 Å². The summed E-state index contributed by atoms with van der Waals surface area (Å²) in [5.74, 6) is 2.23. The van der Waals surface area contributed by atoms with Gasteiger partial charge >= 0.3 is 0 Å². The molecule has 3 rings (SSSR count). The Morgan fingerprint density at radius 1 is 0.952 bits per heavy atom. The summed E-state index contributed by atoms with van der Waals surface area (Å²) >= 11 is 2.00. The third-order valence-electron chi connectivity index (χ3n) is 4.83. The predicted molar refractivity (Wildman–Crippen MR) is 93.3 cm³/mol. The molecule has 0 spiro atoms. The molecule has 1 aliphatic heterocycles. The molecule has 2 aromatic carbocycles. The zero-order valence-electron chi connectivity index (χ0n) is 13.7. The first kappa shape index (κ1) is 14.7. The van der Waals surface area contributed by atoms with Crippen LogP contribution in [0.2, 0.25) is 0 Å². The fourth-order valence-electron chi connectivity index (χ4n) is 3.60. The first-order chi connectivity index (χ1) is 10.0. The molecule has 1 atom stereocenters. The largest absolute Gasteiger partial charge is 0.121 e. The van der Waals surface area contributed by atoms with E-state index >= 15 is 0 Å². The Labute approximate surface area is 133 Å². The molecule has 110 valence electrons. The zero-order chi connectivity index (χ0) is 15.1. The predicted octanol–water partition coefficient (Wildman–Crippen LogP) is 6.01. The van der Waals surface area contributed by atoms with Crippen molar-refractivity contribution in [2.24, 2.45) is 5.92 Å². The van der Waals surface area contributed by atoms with E-state index in [4.69, 9.17) is 0 Å². The molecule has 0 bridgehead atoms.